The summed E-state index contributed by atoms with van der Waals surface area (Å²) in [5.74, 6) is -1.48. The number of phenols is 1. The highest BCUT2D eigenvalue weighted by molar-refractivity contribution is 14.1. The lowest BCUT2D eigenvalue weighted by atomic mass is 10.0. The molecule has 0 saturated carbocycles. The van der Waals surface area contributed by atoms with Gasteiger partial charge in [0.25, 0.3) is 5.91 Å². The van der Waals surface area contributed by atoms with Crippen molar-refractivity contribution in [1.82, 2.24) is 4.90 Å². The van der Waals surface area contributed by atoms with E-state index in [9.17, 15) is 19.8 Å². The van der Waals surface area contributed by atoms with Gasteiger partial charge in [-0.3, -0.25) is 4.79 Å². The zero-order chi connectivity index (χ0) is 14.8. The number of rotatable bonds is 4. The maximum Gasteiger partial charge on any atom is 0.329 e. The van der Waals surface area contributed by atoms with Crippen LogP contribution in [0.15, 0.2) is 18.2 Å². The molecule has 0 bridgehead atoms. The quantitative estimate of drug-likeness (QED) is 0.790. The van der Waals surface area contributed by atoms with Crippen LogP contribution in [0.2, 0.25) is 0 Å². The molecule has 0 spiro atoms. The van der Waals surface area contributed by atoms with Crippen molar-refractivity contribution in [2.45, 2.75) is 26.3 Å². The summed E-state index contributed by atoms with van der Waals surface area (Å²) in [6.45, 7) is 4.94. The summed E-state index contributed by atoms with van der Waals surface area (Å²) in [4.78, 5) is 24.8. The minimum Gasteiger partial charge on any atom is -0.507 e. The Kier molecular flexibility index (Phi) is 4.78. The molecule has 19 heavy (non-hydrogen) atoms. The van der Waals surface area contributed by atoms with Gasteiger partial charge in [0.1, 0.15) is 11.3 Å². The van der Waals surface area contributed by atoms with Crippen LogP contribution in [0.5, 0.6) is 5.75 Å². The molecular formula is C13H16INO4. The second-order valence-electron chi connectivity index (χ2n) is 4.58. The Bertz CT molecular complexity index is 513. The first-order valence-electron chi connectivity index (χ1n) is 5.75. The molecule has 0 heterocycles. The topological polar surface area (TPSA) is 77.8 Å². The molecule has 0 aromatic heterocycles. The largest absolute Gasteiger partial charge is 0.507 e. The Balaban J connectivity index is 3.15. The van der Waals surface area contributed by atoms with E-state index in [0.29, 0.717) is 3.57 Å². The van der Waals surface area contributed by atoms with Crippen LogP contribution >= 0.6 is 22.6 Å². The summed E-state index contributed by atoms with van der Waals surface area (Å²) >= 11 is 1.95. The molecule has 1 rings (SSSR count). The molecule has 2 N–H and O–H groups in total. The average molecular weight is 377 g/mol. The van der Waals surface area contributed by atoms with Gasteiger partial charge in [0.05, 0.1) is 3.57 Å². The highest BCUT2D eigenvalue weighted by Gasteiger charge is 2.37. The summed E-state index contributed by atoms with van der Waals surface area (Å²) in [5.41, 5.74) is -1.03. The molecule has 0 aliphatic heterocycles. The van der Waals surface area contributed by atoms with Crippen LogP contribution in [0.4, 0.5) is 0 Å². The molecule has 0 radical (unpaired) electrons. The summed E-state index contributed by atoms with van der Waals surface area (Å²) in [6, 6.07) is 4.54. The molecular weight excluding hydrogens is 361 g/mol. The van der Waals surface area contributed by atoms with E-state index in [1.807, 2.05) is 22.6 Å². The maximum atomic E-state index is 12.3. The number of carbonyl (C=O) groups is 2. The van der Waals surface area contributed by atoms with Crippen molar-refractivity contribution in [2.75, 3.05) is 6.54 Å². The van der Waals surface area contributed by atoms with E-state index < -0.39 is 17.4 Å². The second kappa shape index (κ2) is 5.77. The van der Waals surface area contributed by atoms with Crippen molar-refractivity contribution in [3.63, 3.8) is 0 Å². The first kappa shape index (κ1) is 15.7. The van der Waals surface area contributed by atoms with Gasteiger partial charge in [0, 0.05) is 12.1 Å². The predicted molar refractivity (Wildman–Crippen MR) is 79.2 cm³/mol. The van der Waals surface area contributed by atoms with E-state index in [1.165, 1.54) is 24.8 Å². The lowest BCUT2D eigenvalue weighted by Gasteiger charge is -2.34. The van der Waals surface area contributed by atoms with E-state index in [4.69, 9.17) is 0 Å². The highest BCUT2D eigenvalue weighted by atomic mass is 127. The van der Waals surface area contributed by atoms with Crippen molar-refractivity contribution in [3.05, 3.63) is 27.3 Å². The Hall–Kier alpha value is -1.31. The molecule has 0 aliphatic rings. The second-order valence-corrected chi connectivity index (χ2v) is 5.74. The summed E-state index contributed by atoms with van der Waals surface area (Å²) in [6.07, 6.45) is 0. The Morgan fingerprint density at radius 3 is 2.37 bits per heavy atom. The minimum atomic E-state index is -1.30. The Morgan fingerprint density at radius 2 is 1.95 bits per heavy atom. The van der Waals surface area contributed by atoms with Crippen LogP contribution < -0.4 is 0 Å². The van der Waals surface area contributed by atoms with E-state index in [-0.39, 0.29) is 17.9 Å². The Labute approximate surface area is 125 Å². The first-order chi connectivity index (χ1) is 8.71. The number of aromatic hydroxyl groups is 1. The van der Waals surface area contributed by atoms with Crippen molar-refractivity contribution in [1.29, 1.82) is 0 Å². The third-order valence-corrected chi connectivity index (χ3v) is 3.86. The maximum absolute atomic E-state index is 12.3. The standard InChI is InChI=1S/C13H16INO4/c1-4-15(13(2,3)12(18)19)11(17)8-5-6-9(14)10(16)7-8/h5-7,16H,4H2,1-3H3,(H,18,19). The number of hydrogen-bond acceptors (Lipinski definition) is 3. The smallest absolute Gasteiger partial charge is 0.329 e. The van der Waals surface area contributed by atoms with Crippen LogP contribution in [0.25, 0.3) is 0 Å². The predicted octanol–water partition coefficient (Wildman–Crippen LogP) is 2.32. The molecule has 0 unspecified atom stereocenters. The van der Waals surface area contributed by atoms with Gasteiger partial charge in [0.2, 0.25) is 0 Å². The molecule has 104 valence electrons. The summed E-state index contributed by atoms with van der Waals surface area (Å²) in [5, 5.41) is 18.8. The van der Waals surface area contributed by atoms with Gasteiger partial charge in [-0.1, -0.05) is 0 Å². The normalized spacial score (nSPS) is 11.2. The number of likely N-dealkylation sites (N-methyl/N-ethyl adjacent to an activating group) is 1. The van der Waals surface area contributed by atoms with Gasteiger partial charge >= 0.3 is 5.97 Å². The number of carbonyl (C=O) groups excluding carboxylic acids is 1. The lowest BCUT2D eigenvalue weighted by molar-refractivity contribution is -0.147. The van der Waals surface area contributed by atoms with E-state index in [1.54, 1.807) is 19.1 Å². The van der Waals surface area contributed by atoms with Gasteiger partial charge in [0.15, 0.2) is 0 Å². The molecule has 0 atom stereocenters. The molecule has 0 aliphatic carbocycles. The number of amides is 1. The van der Waals surface area contributed by atoms with Crippen molar-refractivity contribution in [3.8, 4) is 5.75 Å². The Morgan fingerprint density at radius 1 is 1.37 bits per heavy atom. The van der Waals surface area contributed by atoms with Crippen LogP contribution in [0.3, 0.4) is 0 Å². The minimum absolute atomic E-state index is 0.00985. The van der Waals surface area contributed by atoms with Gasteiger partial charge in [-0.05, 0) is 61.6 Å². The fourth-order valence-corrected chi connectivity index (χ4v) is 2.05. The fourth-order valence-electron chi connectivity index (χ4n) is 1.71. The van der Waals surface area contributed by atoms with Gasteiger partial charge in [-0.25, -0.2) is 4.79 Å². The van der Waals surface area contributed by atoms with Crippen LogP contribution in [-0.4, -0.2) is 39.1 Å². The molecule has 1 aromatic carbocycles. The third kappa shape index (κ3) is 3.17. The van der Waals surface area contributed by atoms with E-state index in [2.05, 4.69) is 0 Å². The zero-order valence-corrected chi connectivity index (χ0v) is 13.1. The van der Waals surface area contributed by atoms with Gasteiger partial charge < -0.3 is 15.1 Å². The summed E-state index contributed by atoms with van der Waals surface area (Å²) in [7, 11) is 0. The summed E-state index contributed by atoms with van der Waals surface area (Å²) < 4.78 is 0.634. The number of aliphatic carboxylic acids is 1. The van der Waals surface area contributed by atoms with Crippen LogP contribution in [0, 0.1) is 3.57 Å². The molecule has 5 nitrogen and oxygen atoms in total. The highest BCUT2D eigenvalue weighted by Crippen LogP contribution is 2.24. The zero-order valence-electron chi connectivity index (χ0n) is 11.0. The van der Waals surface area contributed by atoms with Crippen molar-refractivity contribution >= 4 is 34.5 Å². The molecule has 0 fully saturated rings. The van der Waals surface area contributed by atoms with Crippen molar-refractivity contribution < 1.29 is 19.8 Å². The van der Waals surface area contributed by atoms with Crippen molar-refractivity contribution in [2.24, 2.45) is 0 Å². The first-order valence-corrected chi connectivity index (χ1v) is 6.83. The van der Waals surface area contributed by atoms with Crippen LogP contribution in [0.1, 0.15) is 31.1 Å². The molecule has 1 aromatic rings. The number of halogens is 1. The molecule has 0 saturated heterocycles. The SMILES string of the molecule is CCN(C(=O)c1ccc(I)c(O)c1)C(C)(C)C(=O)O. The molecule has 1 amide bonds. The lowest BCUT2D eigenvalue weighted by Crippen LogP contribution is -2.52. The monoisotopic (exact) mass is 377 g/mol. The third-order valence-electron chi connectivity index (χ3n) is 2.95. The number of carboxylic acids is 1. The fraction of sp³-hybridized carbons (Fsp3) is 0.385. The van der Waals surface area contributed by atoms with Gasteiger partial charge in [-0.2, -0.15) is 0 Å². The number of hydrogen-bond donors (Lipinski definition) is 2. The number of nitrogens with zero attached hydrogens (tertiary/aromatic N) is 1. The number of phenolic OH excluding ortho intramolecular Hbond substituents is 1. The van der Waals surface area contributed by atoms with Gasteiger partial charge in [-0.15, -0.1) is 0 Å². The number of benzene rings is 1. The number of carboxylic acid groups (broad SMARTS) is 1. The average Bonchev–Trinajstić information content (AvgIpc) is 2.32. The molecule has 6 heteroatoms. The van der Waals surface area contributed by atoms with E-state index >= 15 is 0 Å². The van der Waals surface area contributed by atoms with Crippen LogP contribution in [-0.2, 0) is 4.79 Å². The van der Waals surface area contributed by atoms with E-state index in [0.717, 1.165) is 0 Å².